The van der Waals surface area contributed by atoms with Gasteiger partial charge in [0.2, 0.25) is 10.0 Å². The van der Waals surface area contributed by atoms with Gasteiger partial charge in [0.15, 0.2) is 17.5 Å². The lowest BCUT2D eigenvalue weighted by Crippen LogP contribution is -2.30. The minimum Gasteiger partial charge on any atom is -0.493 e. The molecule has 1 aliphatic rings. The van der Waals surface area contributed by atoms with Gasteiger partial charge in [-0.3, -0.25) is 4.99 Å². The molecule has 0 atom stereocenters. The molecule has 168 valence electrons. The topological polar surface area (TPSA) is 92.3 Å². The molecule has 2 N–H and O–H groups in total. The summed E-state index contributed by atoms with van der Waals surface area (Å²) in [6, 6.07) is 12.5. The molecule has 1 fully saturated rings. The van der Waals surface area contributed by atoms with Crippen LogP contribution in [0, 0.1) is 0 Å². The summed E-state index contributed by atoms with van der Waals surface area (Å²) in [6.45, 7) is 4.18. The van der Waals surface area contributed by atoms with E-state index in [1.54, 1.807) is 30.6 Å². The van der Waals surface area contributed by atoms with E-state index in [1.165, 1.54) is 0 Å². The zero-order valence-corrected chi connectivity index (χ0v) is 19.0. The second-order valence-corrected chi connectivity index (χ2v) is 9.04. The van der Waals surface area contributed by atoms with E-state index in [9.17, 15) is 8.42 Å². The van der Waals surface area contributed by atoms with Gasteiger partial charge in [-0.25, -0.2) is 8.42 Å². The van der Waals surface area contributed by atoms with Crippen molar-refractivity contribution < 1.29 is 17.9 Å². The lowest BCUT2D eigenvalue weighted by Gasteiger charge is -2.16. The third-order valence-corrected chi connectivity index (χ3v) is 6.95. The number of hydrogen-bond donors (Lipinski definition) is 2. The first-order valence-electron chi connectivity index (χ1n) is 10.4. The molecule has 31 heavy (non-hydrogen) atoms. The van der Waals surface area contributed by atoms with Crippen molar-refractivity contribution in [2.75, 3.05) is 39.2 Å². The number of aliphatic imine (C=N–C) groups is 1. The Labute approximate surface area is 184 Å². The average Bonchev–Trinajstić information content (AvgIpc) is 3.34. The van der Waals surface area contributed by atoms with Gasteiger partial charge in [0.25, 0.3) is 0 Å². The number of anilines is 1. The number of guanidine groups is 1. The third kappa shape index (κ3) is 5.68. The molecule has 1 saturated heterocycles. The van der Waals surface area contributed by atoms with E-state index in [4.69, 9.17) is 9.47 Å². The Kier molecular flexibility index (Phi) is 7.75. The van der Waals surface area contributed by atoms with Gasteiger partial charge in [-0.2, -0.15) is 4.31 Å². The number of sulfonamides is 1. The molecule has 9 heteroatoms. The van der Waals surface area contributed by atoms with Crippen LogP contribution in [0.2, 0.25) is 0 Å². The molecule has 0 spiro atoms. The summed E-state index contributed by atoms with van der Waals surface area (Å²) in [4.78, 5) is 4.58. The minimum absolute atomic E-state index is 0.335. The van der Waals surface area contributed by atoms with Gasteiger partial charge in [0.05, 0.1) is 18.6 Å². The fourth-order valence-corrected chi connectivity index (χ4v) is 4.90. The van der Waals surface area contributed by atoms with Gasteiger partial charge in [0, 0.05) is 38.4 Å². The Balaban J connectivity index is 1.61. The molecule has 1 heterocycles. The van der Waals surface area contributed by atoms with Crippen LogP contribution in [0.15, 0.2) is 52.4 Å². The Morgan fingerprint density at radius 3 is 2.42 bits per heavy atom. The van der Waals surface area contributed by atoms with Crippen LogP contribution >= 0.6 is 0 Å². The molecule has 0 radical (unpaired) electrons. The quantitative estimate of drug-likeness (QED) is 0.478. The van der Waals surface area contributed by atoms with Gasteiger partial charge in [-0.1, -0.05) is 12.1 Å². The summed E-state index contributed by atoms with van der Waals surface area (Å²) in [5.41, 5.74) is 1.76. The molecule has 0 saturated carbocycles. The summed E-state index contributed by atoms with van der Waals surface area (Å²) in [5.74, 6) is 1.90. The van der Waals surface area contributed by atoms with E-state index in [0.29, 0.717) is 48.6 Å². The van der Waals surface area contributed by atoms with Crippen LogP contribution in [-0.4, -0.2) is 52.5 Å². The highest BCUT2D eigenvalue weighted by atomic mass is 32.2. The zero-order chi connectivity index (χ0) is 22.3. The molecule has 8 nitrogen and oxygen atoms in total. The highest BCUT2D eigenvalue weighted by Gasteiger charge is 2.26. The van der Waals surface area contributed by atoms with Crippen LogP contribution in [-0.2, 0) is 16.6 Å². The fourth-order valence-electron chi connectivity index (χ4n) is 3.38. The first kappa shape index (κ1) is 22.9. The second-order valence-electron chi connectivity index (χ2n) is 7.10. The largest absolute Gasteiger partial charge is 0.493 e. The Hall–Kier alpha value is -2.78. The second kappa shape index (κ2) is 10.5. The summed E-state index contributed by atoms with van der Waals surface area (Å²) in [5, 5.41) is 6.45. The van der Waals surface area contributed by atoms with E-state index in [0.717, 1.165) is 24.1 Å². The van der Waals surface area contributed by atoms with E-state index in [2.05, 4.69) is 15.6 Å². The molecule has 3 rings (SSSR count). The van der Waals surface area contributed by atoms with Crippen molar-refractivity contribution in [3.63, 3.8) is 0 Å². The number of rotatable bonds is 8. The third-order valence-electron chi connectivity index (χ3n) is 5.04. The highest BCUT2D eigenvalue weighted by Crippen LogP contribution is 2.30. The summed E-state index contributed by atoms with van der Waals surface area (Å²) < 4.78 is 37.8. The van der Waals surface area contributed by atoms with Crippen LogP contribution < -0.4 is 20.1 Å². The molecule has 2 aromatic carbocycles. The SMILES string of the molecule is CCOc1ccc(NC(=NC)NCc2ccc(S(=O)(=O)N3CCCC3)cc2)cc1OC. The standard InChI is InChI=1S/C22H30N4O4S/c1-4-30-20-12-9-18(15-21(20)29-3)25-22(23-2)24-16-17-7-10-19(11-8-17)31(27,28)26-13-5-6-14-26/h7-12,15H,4-6,13-14,16H2,1-3H3,(H2,23,24,25). The maximum Gasteiger partial charge on any atom is 0.243 e. The number of nitrogens with zero attached hydrogens (tertiary/aromatic N) is 2. The fraction of sp³-hybridized carbons (Fsp3) is 0.409. The molecular formula is C22H30N4O4S. The summed E-state index contributed by atoms with van der Waals surface area (Å²) >= 11 is 0. The van der Waals surface area contributed by atoms with E-state index in [1.807, 2.05) is 37.3 Å². The molecular weight excluding hydrogens is 416 g/mol. The van der Waals surface area contributed by atoms with E-state index < -0.39 is 10.0 Å². The van der Waals surface area contributed by atoms with E-state index >= 15 is 0 Å². The minimum atomic E-state index is -3.39. The van der Waals surface area contributed by atoms with Crippen molar-refractivity contribution in [1.82, 2.24) is 9.62 Å². The van der Waals surface area contributed by atoms with Crippen LogP contribution in [0.4, 0.5) is 5.69 Å². The first-order valence-corrected chi connectivity index (χ1v) is 11.8. The maximum atomic E-state index is 12.6. The van der Waals surface area contributed by atoms with Gasteiger partial charge >= 0.3 is 0 Å². The molecule has 0 bridgehead atoms. The lowest BCUT2D eigenvalue weighted by atomic mass is 10.2. The van der Waals surface area contributed by atoms with Crippen LogP contribution in [0.5, 0.6) is 11.5 Å². The van der Waals surface area contributed by atoms with Crippen molar-refractivity contribution in [3.05, 3.63) is 48.0 Å². The van der Waals surface area contributed by atoms with Crippen LogP contribution in [0.25, 0.3) is 0 Å². The van der Waals surface area contributed by atoms with Crippen LogP contribution in [0.1, 0.15) is 25.3 Å². The number of nitrogens with one attached hydrogen (secondary N) is 2. The summed E-state index contributed by atoms with van der Waals surface area (Å²) in [7, 11) is -0.105. The number of hydrogen-bond acceptors (Lipinski definition) is 5. The number of ether oxygens (including phenoxy) is 2. The van der Waals surface area contributed by atoms with Gasteiger partial charge < -0.3 is 20.1 Å². The first-order chi connectivity index (χ1) is 15.0. The lowest BCUT2D eigenvalue weighted by molar-refractivity contribution is 0.311. The smallest absolute Gasteiger partial charge is 0.243 e. The summed E-state index contributed by atoms with van der Waals surface area (Å²) in [6.07, 6.45) is 1.85. The predicted octanol–water partition coefficient (Wildman–Crippen LogP) is 3.07. The average molecular weight is 447 g/mol. The molecule has 0 amide bonds. The van der Waals surface area contributed by atoms with Crippen molar-refractivity contribution in [1.29, 1.82) is 0 Å². The Morgan fingerprint density at radius 1 is 1.10 bits per heavy atom. The van der Waals surface area contributed by atoms with Crippen molar-refractivity contribution in [2.45, 2.75) is 31.2 Å². The molecule has 0 aliphatic carbocycles. The Bertz CT molecular complexity index is 1000. The Morgan fingerprint density at radius 2 is 1.81 bits per heavy atom. The monoisotopic (exact) mass is 446 g/mol. The van der Waals surface area contributed by atoms with Crippen molar-refractivity contribution in [2.24, 2.45) is 4.99 Å². The van der Waals surface area contributed by atoms with Gasteiger partial charge in [-0.15, -0.1) is 0 Å². The predicted molar refractivity (Wildman–Crippen MR) is 122 cm³/mol. The maximum absolute atomic E-state index is 12.6. The zero-order valence-electron chi connectivity index (χ0n) is 18.2. The van der Waals surface area contributed by atoms with Crippen LogP contribution in [0.3, 0.4) is 0 Å². The number of benzene rings is 2. The van der Waals surface area contributed by atoms with E-state index in [-0.39, 0.29) is 0 Å². The molecule has 0 unspecified atom stereocenters. The molecule has 0 aromatic heterocycles. The molecule has 1 aliphatic heterocycles. The number of methoxy groups -OCH3 is 1. The van der Waals surface area contributed by atoms with Gasteiger partial charge in [0.1, 0.15) is 0 Å². The molecule has 2 aromatic rings. The highest BCUT2D eigenvalue weighted by molar-refractivity contribution is 7.89. The van der Waals surface area contributed by atoms with Crippen molar-refractivity contribution in [3.8, 4) is 11.5 Å². The normalized spacial score (nSPS) is 15.0. The van der Waals surface area contributed by atoms with Gasteiger partial charge in [-0.05, 0) is 49.6 Å². The van der Waals surface area contributed by atoms with Crippen molar-refractivity contribution >= 4 is 21.7 Å².